The normalized spacial score (nSPS) is 44.8. The maximum absolute atomic E-state index is 13.4. The number of aryl methyl sites for hydroxylation is 1. The van der Waals surface area contributed by atoms with Gasteiger partial charge in [-0.2, -0.15) is 0 Å². The summed E-state index contributed by atoms with van der Waals surface area (Å²) in [5.74, 6) is 0.960. The molecule has 6 rings (SSSR count). The highest BCUT2D eigenvalue weighted by molar-refractivity contribution is 5.16. The molecule has 2 bridgehead atoms. The van der Waals surface area contributed by atoms with Crippen molar-refractivity contribution in [2.45, 2.75) is 76.5 Å². The maximum Gasteiger partial charge on any atom is 0.201 e. The number of halogens is 1. The van der Waals surface area contributed by atoms with Gasteiger partial charge in [-0.15, -0.1) is 0 Å². The van der Waals surface area contributed by atoms with E-state index in [0.29, 0.717) is 30.3 Å². The topological polar surface area (TPSA) is 36.9 Å². The quantitative estimate of drug-likeness (QED) is 0.677. The fraction of sp³-hybridized carbons (Fsp3) is 0.739. The highest BCUT2D eigenvalue weighted by Gasteiger charge is 2.68. The molecule has 1 aromatic carbocycles. The van der Waals surface area contributed by atoms with Crippen LogP contribution in [0.15, 0.2) is 24.3 Å². The Labute approximate surface area is 166 Å². The lowest BCUT2D eigenvalue weighted by Crippen LogP contribution is -2.69. The van der Waals surface area contributed by atoms with Crippen LogP contribution in [0.1, 0.15) is 57.9 Å². The van der Waals surface area contributed by atoms with E-state index in [1.807, 2.05) is 13.0 Å². The van der Waals surface area contributed by atoms with E-state index in [0.717, 1.165) is 44.1 Å². The SMILES string of the molecule is C[C@@H]1CC[C@H]2[C@@H](CCCc3cccc(F)c3)COC3O[C@@]4(C)CC[C@@H]1[C@]32OO4. The van der Waals surface area contributed by atoms with E-state index in [9.17, 15) is 4.39 Å². The Morgan fingerprint density at radius 3 is 2.89 bits per heavy atom. The van der Waals surface area contributed by atoms with Crippen LogP contribution in [0.2, 0.25) is 0 Å². The smallest absolute Gasteiger partial charge is 0.201 e. The maximum atomic E-state index is 13.4. The molecular formula is C23H31FO4. The minimum absolute atomic E-state index is 0.157. The Hall–Kier alpha value is -1.01. The molecule has 1 spiro atoms. The van der Waals surface area contributed by atoms with E-state index >= 15 is 0 Å². The van der Waals surface area contributed by atoms with Crippen LogP contribution in [0.5, 0.6) is 0 Å². The first-order chi connectivity index (χ1) is 13.5. The summed E-state index contributed by atoms with van der Waals surface area (Å²) in [5, 5.41) is 0. The van der Waals surface area contributed by atoms with Crippen molar-refractivity contribution < 1.29 is 23.6 Å². The number of hydrogen-bond donors (Lipinski definition) is 0. The fourth-order valence-corrected chi connectivity index (χ4v) is 6.27. The second-order valence-electron chi connectivity index (χ2n) is 9.53. The summed E-state index contributed by atoms with van der Waals surface area (Å²) in [5.41, 5.74) is 0.587. The minimum atomic E-state index is -0.693. The lowest BCUT2D eigenvalue weighted by Gasteiger charge is -2.59. The van der Waals surface area contributed by atoms with E-state index < -0.39 is 11.4 Å². The van der Waals surface area contributed by atoms with Crippen LogP contribution in [0, 0.1) is 29.5 Å². The van der Waals surface area contributed by atoms with Crippen LogP contribution in [0.25, 0.3) is 0 Å². The summed E-state index contributed by atoms with van der Waals surface area (Å²) >= 11 is 0. The molecule has 1 aromatic rings. The Kier molecular flexibility index (Phi) is 4.78. The molecule has 4 aliphatic heterocycles. The van der Waals surface area contributed by atoms with Gasteiger partial charge >= 0.3 is 0 Å². The third-order valence-electron chi connectivity index (χ3n) is 7.74. The highest BCUT2D eigenvalue weighted by atomic mass is 19.1. The second kappa shape index (κ2) is 7.05. The largest absolute Gasteiger partial charge is 0.349 e. The predicted octanol–water partition coefficient (Wildman–Crippen LogP) is 5.01. The van der Waals surface area contributed by atoms with Gasteiger partial charge in [-0.05, 0) is 80.9 Å². The zero-order chi connectivity index (χ0) is 19.4. The molecule has 1 saturated carbocycles. The zero-order valence-corrected chi connectivity index (χ0v) is 16.9. The van der Waals surface area contributed by atoms with Crippen molar-refractivity contribution in [3.63, 3.8) is 0 Å². The summed E-state index contributed by atoms with van der Waals surface area (Å²) in [6, 6.07) is 6.94. The molecule has 5 aliphatic rings. The number of benzene rings is 1. The summed E-state index contributed by atoms with van der Waals surface area (Å²) < 4.78 is 26.0. The van der Waals surface area contributed by atoms with Crippen molar-refractivity contribution in [1.82, 2.24) is 0 Å². The number of rotatable bonds is 4. The summed E-state index contributed by atoms with van der Waals surface area (Å²) in [7, 11) is 0. The lowest BCUT2D eigenvalue weighted by atomic mass is 9.57. The van der Waals surface area contributed by atoms with Gasteiger partial charge in [0.1, 0.15) is 5.82 Å². The Bertz CT molecular complexity index is 726. The van der Waals surface area contributed by atoms with E-state index in [-0.39, 0.29) is 12.1 Å². The minimum Gasteiger partial charge on any atom is -0.349 e. The molecule has 0 amide bonds. The average Bonchev–Trinajstić information content (AvgIpc) is 2.90. The molecule has 0 radical (unpaired) electrons. The molecule has 4 saturated heterocycles. The van der Waals surface area contributed by atoms with Crippen LogP contribution >= 0.6 is 0 Å². The molecule has 154 valence electrons. The highest BCUT2D eigenvalue weighted by Crippen LogP contribution is 2.60. The molecular weight excluding hydrogens is 359 g/mol. The first-order valence-corrected chi connectivity index (χ1v) is 10.9. The van der Waals surface area contributed by atoms with Crippen molar-refractivity contribution in [3.05, 3.63) is 35.6 Å². The van der Waals surface area contributed by atoms with Gasteiger partial charge in [0.05, 0.1) is 6.61 Å². The van der Waals surface area contributed by atoms with Crippen molar-refractivity contribution in [2.24, 2.45) is 23.7 Å². The molecule has 5 fully saturated rings. The van der Waals surface area contributed by atoms with Crippen molar-refractivity contribution in [1.29, 1.82) is 0 Å². The Morgan fingerprint density at radius 2 is 2.04 bits per heavy atom. The number of fused-ring (bicyclic) bond motifs is 2. The first-order valence-electron chi connectivity index (χ1n) is 10.9. The van der Waals surface area contributed by atoms with Gasteiger partial charge in [-0.3, -0.25) is 0 Å². The summed E-state index contributed by atoms with van der Waals surface area (Å²) in [6.07, 6.45) is 6.90. The Morgan fingerprint density at radius 1 is 1.14 bits per heavy atom. The van der Waals surface area contributed by atoms with Crippen LogP contribution < -0.4 is 0 Å². The molecule has 4 heterocycles. The summed E-state index contributed by atoms with van der Waals surface area (Å²) in [6.45, 7) is 5.01. The van der Waals surface area contributed by atoms with Gasteiger partial charge < -0.3 is 9.47 Å². The van der Waals surface area contributed by atoms with Crippen LogP contribution in [-0.4, -0.2) is 24.3 Å². The molecule has 5 heteroatoms. The average molecular weight is 390 g/mol. The fourth-order valence-electron chi connectivity index (χ4n) is 6.27. The summed E-state index contributed by atoms with van der Waals surface area (Å²) in [4.78, 5) is 12.1. The van der Waals surface area contributed by atoms with Crippen molar-refractivity contribution in [3.8, 4) is 0 Å². The van der Waals surface area contributed by atoms with E-state index in [1.54, 1.807) is 12.1 Å². The van der Waals surface area contributed by atoms with Crippen LogP contribution in [0.3, 0.4) is 0 Å². The molecule has 1 unspecified atom stereocenters. The van der Waals surface area contributed by atoms with Crippen molar-refractivity contribution >= 4 is 0 Å². The lowest BCUT2D eigenvalue weighted by molar-refractivity contribution is -0.567. The molecule has 1 aliphatic carbocycles. The van der Waals surface area contributed by atoms with Gasteiger partial charge in [0.2, 0.25) is 5.79 Å². The molecule has 28 heavy (non-hydrogen) atoms. The molecule has 0 N–H and O–H groups in total. The third kappa shape index (κ3) is 3.02. The predicted molar refractivity (Wildman–Crippen MR) is 102 cm³/mol. The third-order valence-corrected chi connectivity index (χ3v) is 7.74. The second-order valence-corrected chi connectivity index (χ2v) is 9.53. The van der Waals surface area contributed by atoms with E-state index in [2.05, 4.69) is 6.92 Å². The van der Waals surface area contributed by atoms with E-state index in [4.69, 9.17) is 19.2 Å². The van der Waals surface area contributed by atoms with E-state index in [1.165, 1.54) is 12.5 Å². The standard InChI is InChI=1S/C23H31FO4/c1-15-9-10-20-17(7-3-5-16-6-4-8-18(24)13-16)14-25-21-23(20)19(15)11-12-22(2,26-21)27-28-23/h4,6,8,13,15,17,19-21H,3,5,7,9-12,14H2,1-2H3/t15-,17+,19+,20+,21?,22-,23-/m1/s1. The number of ether oxygens (including phenoxy) is 2. The van der Waals surface area contributed by atoms with Gasteiger partial charge in [-0.25, -0.2) is 14.2 Å². The van der Waals surface area contributed by atoms with Crippen LogP contribution in [-0.2, 0) is 25.7 Å². The van der Waals surface area contributed by atoms with Gasteiger partial charge in [0, 0.05) is 12.3 Å². The molecule has 0 aromatic heterocycles. The molecule has 7 atom stereocenters. The number of hydrogen-bond acceptors (Lipinski definition) is 4. The Balaban J connectivity index is 1.34. The molecule has 4 nitrogen and oxygen atoms in total. The van der Waals surface area contributed by atoms with Gasteiger partial charge in [-0.1, -0.05) is 19.1 Å². The first kappa shape index (κ1) is 19.0. The monoisotopic (exact) mass is 390 g/mol. The van der Waals surface area contributed by atoms with Gasteiger partial charge in [0.15, 0.2) is 11.9 Å². The zero-order valence-electron chi connectivity index (χ0n) is 16.9. The van der Waals surface area contributed by atoms with Gasteiger partial charge in [0.25, 0.3) is 0 Å². The van der Waals surface area contributed by atoms with Crippen LogP contribution in [0.4, 0.5) is 4.39 Å². The van der Waals surface area contributed by atoms with Crippen molar-refractivity contribution in [2.75, 3.05) is 6.61 Å².